The molecule has 4 aliphatic carbocycles. The summed E-state index contributed by atoms with van der Waals surface area (Å²) < 4.78 is 39.9. The van der Waals surface area contributed by atoms with Gasteiger partial charge in [0.05, 0.1) is 17.8 Å². The summed E-state index contributed by atoms with van der Waals surface area (Å²) >= 11 is 0. The van der Waals surface area contributed by atoms with Gasteiger partial charge in [-0.1, -0.05) is 13.8 Å². The molecule has 5 unspecified atom stereocenters. The topological polar surface area (TPSA) is 190 Å². The largest absolute Gasteiger partial charge is 0.463 e. The molecule has 0 amide bonds. The van der Waals surface area contributed by atoms with Gasteiger partial charge in [-0.3, -0.25) is 19.2 Å². The fourth-order valence-electron chi connectivity index (χ4n) is 11.0. The van der Waals surface area contributed by atoms with Gasteiger partial charge in [-0.15, -0.1) is 0 Å². The molecule has 0 spiro atoms. The van der Waals surface area contributed by atoms with Crippen molar-refractivity contribution < 1.29 is 67.3 Å². The van der Waals surface area contributed by atoms with Crippen LogP contribution in [0.2, 0.25) is 0 Å². The summed E-state index contributed by atoms with van der Waals surface area (Å²) in [7, 11) is 0. The first kappa shape index (κ1) is 37.7. The Kier molecular flexibility index (Phi) is 10.4. The number of rotatable bonds is 8. The Hall–Kier alpha value is -3.07. The van der Waals surface area contributed by atoms with E-state index in [9.17, 15) is 34.2 Å². The molecule has 6 rings (SSSR count). The predicted octanol–water partition coefficient (Wildman–Crippen LogP) is 2.68. The van der Waals surface area contributed by atoms with Crippen LogP contribution in [0.4, 0.5) is 0 Å². The van der Waals surface area contributed by atoms with Gasteiger partial charge in [0.1, 0.15) is 19.3 Å². The van der Waals surface area contributed by atoms with Crippen LogP contribution < -0.4 is 0 Å². The molecule has 0 aromatic rings. The fraction of sp³-hybridized carbons (Fsp3) is 0.811. The molecule has 284 valence electrons. The van der Waals surface area contributed by atoms with Crippen LogP contribution in [0.25, 0.3) is 0 Å². The van der Waals surface area contributed by atoms with E-state index in [1.165, 1.54) is 33.8 Å². The number of esters is 5. The third-order valence-corrected chi connectivity index (χ3v) is 13.3. The Morgan fingerprint density at radius 3 is 2.14 bits per heavy atom. The van der Waals surface area contributed by atoms with Gasteiger partial charge >= 0.3 is 29.8 Å². The van der Waals surface area contributed by atoms with Crippen molar-refractivity contribution in [3.63, 3.8) is 0 Å². The lowest BCUT2D eigenvalue weighted by molar-refractivity contribution is -0.322. The highest BCUT2D eigenvalue weighted by molar-refractivity contribution is 5.85. The fourth-order valence-corrected chi connectivity index (χ4v) is 11.0. The number of cyclic esters (lactones) is 1. The van der Waals surface area contributed by atoms with Crippen molar-refractivity contribution in [3.8, 4) is 0 Å². The maximum Gasteiger partial charge on any atom is 0.331 e. The second-order valence-corrected chi connectivity index (χ2v) is 16.0. The van der Waals surface area contributed by atoms with Gasteiger partial charge in [0.15, 0.2) is 24.6 Å². The normalized spacial score (nSPS) is 44.5. The molecule has 14 nitrogen and oxygen atoms in total. The molecule has 1 saturated heterocycles. The molecule has 0 aromatic heterocycles. The third-order valence-electron chi connectivity index (χ3n) is 13.3. The molecule has 0 bridgehead atoms. The van der Waals surface area contributed by atoms with Crippen molar-refractivity contribution in [1.29, 1.82) is 0 Å². The predicted molar refractivity (Wildman–Crippen MR) is 174 cm³/mol. The van der Waals surface area contributed by atoms with Crippen LogP contribution in [0.1, 0.15) is 92.9 Å². The highest BCUT2D eigenvalue weighted by Gasteiger charge is 2.71. The monoisotopic (exact) mass is 720 g/mol. The van der Waals surface area contributed by atoms with E-state index in [0.717, 1.165) is 24.8 Å². The Morgan fingerprint density at radius 1 is 0.843 bits per heavy atom. The molecule has 2 N–H and O–H groups in total. The Bertz CT molecular complexity index is 1440. The minimum Gasteiger partial charge on any atom is -0.463 e. The number of hydrogen-bond acceptors (Lipinski definition) is 14. The SMILES string of the molecule is CC(=O)OCC1O[C@@H](O[C@H]2CC[C@]3(C)C4C[C@@H](O)[C@]5(C)[C@@H](C6=CC(=O)OC6)CC[C@]5(O)C4CC[C@@H]3C2)C(OC(C)=O)C(OC(C)=O)[C@@H]1OC(C)=O. The van der Waals surface area contributed by atoms with Gasteiger partial charge < -0.3 is 43.4 Å². The molecule has 0 radical (unpaired) electrons. The van der Waals surface area contributed by atoms with Crippen LogP contribution in [0.3, 0.4) is 0 Å². The molecule has 14 heteroatoms. The standard InChI is InChI=1S/C37H52O14/c1-18(38)45-17-28-31(47-19(2)39)32(48-20(3)40)33(49-21(4)41)34(51-28)50-24-9-11-35(5)23(14-24)7-8-26-27(35)15-29(42)36(6)25(10-12-37(26,36)44)22-13-30(43)46-16-22/h13,23-29,31-34,42,44H,7-12,14-17H2,1-6H3/t23-,24+,25-,26?,27?,28?,29-,31-,32?,33?,34-,35+,36+,37+/m1/s1. The van der Waals surface area contributed by atoms with E-state index in [1.54, 1.807) is 0 Å². The second kappa shape index (κ2) is 14.1. The van der Waals surface area contributed by atoms with E-state index < -0.39 is 71.7 Å². The van der Waals surface area contributed by atoms with Crippen molar-refractivity contribution in [2.24, 2.45) is 34.5 Å². The Labute approximate surface area is 297 Å². The van der Waals surface area contributed by atoms with Gasteiger partial charge in [0, 0.05) is 39.2 Å². The minimum atomic E-state index is -1.31. The molecule has 0 aromatic carbocycles. The third kappa shape index (κ3) is 6.70. The molecule has 51 heavy (non-hydrogen) atoms. The Morgan fingerprint density at radius 2 is 1.51 bits per heavy atom. The molecule has 4 saturated carbocycles. The maximum absolute atomic E-state index is 12.6. The first-order chi connectivity index (χ1) is 24.0. The van der Waals surface area contributed by atoms with Crippen LogP contribution in [0.15, 0.2) is 11.6 Å². The summed E-state index contributed by atoms with van der Waals surface area (Å²) in [6.07, 6.45) is -0.438. The molecule has 14 atom stereocenters. The summed E-state index contributed by atoms with van der Waals surface area (Å²) in [4.78, 5) is 60.4. The van der Waals surface area contributed by atoms with E-state index in [4.69, 9.17) is 33.2 Å². The number of hydrogen-bond donors (Lipinski definition) is 2. The van der Waals surface area contributed by atoms with Crippen molar-refractivity contribution in [3.05, 3.63) is 11.6 Å². The average Bonchev–Trinajstić information content (AvgIpc) is 3.59. The van der Waals surface area contributed by atoms with Crippen molar-refractivity contribution in [2.45, 2.75) is 141 Å². The van der Waals surface area contributed by atoms with E-state index >= 15 is 0 Å². The molecule has 2 aliphatic heterocycles. The van der Waals surface area contributed by atoms with E-state index in [0.29, 0.717) is 32.1 Å². The van der Waals surface area contributed by atoms with Crippen LogP contribution in [-0.2, 0) is 57.1 Å². The summed E-state index contributed by atoms with van der Waals surface area (Å²) in [6, 6.07) is 0. The van der Waals surface area contributed by atoms with E-state index in [-0.39, 0.29) is 54.4 Å². The lowest BCUT2D eigenvalue weighted by Gasteiger charge is -2.65. The second-order valence-electron chi connectivity index (χ2n) is 16.0. The molecular formula is C37H52O14. The zero-order valence-corrected chi connectivity index (χ0v) is 30.3. The smallest absolute Gasteiger partial charge is 0.331 e. The van der Waals surface area contributed by atoms with Gasteiger partial charge in [0.2, 0.25) is 0 Å². The van der Waals surface area contributed by atoms with Crippen molar-refractivity contribution >= 4 is 29.8 Å². The van der Waals surface area contributed by atoms with Gasteiger partial charge in [-0.25, -0.2) is 4.79 Å². The minimum absolute atomic E-state index is 0.0204. The first-order valence-electron chi connectivity index (χ1n) is 18.2. The molecule has 2 heterocycles. The molecule has 5 fully saturated rings. The highest BCUT2D eigenvalue weighted by atomic mass is 16.7. The van der Waals surface area contributed by atoms with Crippen LogP contribution in [0.5, 0.6) is 0 Å². The summed E-state index contributed by atoms with van der Waals surface area (Å²) in [6.45, 7) is 8.88. The quantitative estimate of drug-likeness (QED) is 0.211. The number of fused-ring (bicyclic) bond motifs is 5. The zero-order chi connectivity index (χ0) is 37.0. The van der Waals surface area contributed by atoms with Gasteiger partial charge in [-0.05, 0) is 86.0 Å². The van der Waals surface area contributed by atoms with Crippen LogP contribution >= 0.6 is 0 Å². The van der Waals surface area contributed by atoms with Gasteiger partial charge in [0.25, 0.3) is 0 Å². The zero-order valence-electron chi connectivity index (χ0n) is 30.3. The number of carbonyl (C=O) groups excluding carboxylic acids is 5. The van der Waals surface area contributed by atoms with Crippen molar-refractivity contribution in [1.82, 2.24) is 0 Å². The van der Waals surface area contributed by atoms with Crippen molar-refractivity contribution in [2.75, 3.05) is 13.2 Å². The molecular weight excluding hydrogens is 668 g/mol. The van der Waals surface area contributed by atoms with Crippen LogP contribution in [-0.4, -0.2) is 102 Å². The number of aliphatic hydroxyl groups is 2. The highest BCUT2D eigenvalue weighted by Crippen LogP contribution is 2.70. The lowest BCUT2D eigenvalue weighted by atomic mass is 9.42. The summed E-state index contributed by atoms with van der Waals surface area (Å²) in [5.74, 6) is -3.00. The summed E-state index contributed by atoms with van der Waals surface area (Å²) in [5, 5.41) is 24.5. The van der Waals surface area contributed by atoms with Gasteiger partial charge in [-0.2, -0.15) is 0 Å². The summed E-state index contributed by atoms with van der Waals surface area (Å²) in [5.41, 5.74) is -1.24. The maximum atomic E-state index is 12.6. The average molecular weight is 721 g/mol. The van der Waals surface area contributed by atoms with E-state index in [1.807, 2.05) is 6.92 Å². The number of ether oxygens (including phenoxy) is 7. The number of aliphatic hydroxyl groups excluding tert-OH is 1. The lowest BCUT2D eigenvalue weighted by Crippen LogP contribution is -2.67. The van der Waals surface area contributed by atoms with E-state index in [2.05, 4.69) is 6.92 Å². The van der Waals surface area contributed by atoms with Crippen LogP contribution in [0, 0.1) is 34.5 Å². The first-order valence-corrected chi connectivity index (χ1v) is 18.2. The number of carbonyl (C=O) groups is 5. The molecule has 6 aliphatic rings. The Balaban J connectivity index is 1.21.